The maximum Gasteiger partial charge on any atom is 0.329 e. The number of hydrogen-bond acceptors (Lipinski definition) is 5. The van der Waals surface area contributed by atoms with Gasteiger partial charge in [-0.05, 0) is 59.6 Å². The molecular formula is C12H10BrClFN3O2. The zero-order valence-electron chi connectivity index (χ0n) is 10.6. The third kappa shape index (κ3) is 4.01. The van der Waals surface area contributed by atoms with E-state index in [1.807, 2.05) is 13.8 Å². The van der Waals surface area contributed by atoms with Crippen molar-refractivity contribution in [3.05, 3.63) is 33.8 Å². The minimum atomic E-state index is -0.394. The van der Waals surface area contributed by atoms with Gasteiger partial charge >= 0.3 is 12.0 Å². The summed E-state index contributed by atoms with van der Waals surface area (Å²) < 4.78 is 24.1. The molecule has 0 saturated carbocycles. The molecule has 106 valence electrons. The Morgan fingerprint density at radius 3 is 2.55 bits per heavy atom. The molecule has 0 amide bonds. The molecule has 20 heavy (non-hydrogen) atoms. The second-order valence-electron chi connectivity index (χ2n) is 4.01. The predicted molar refractivity (Wildman–Crippen MR) is 74.8 cm³/mol. The van der Waals surface area contributed by atoms with Crippen LogP contribution in [0.5, 0.6) is 17.8 Å². The lowest BCUT2D eigenvalue weighted by Gasteiger charge is -2.09. The van der Waals surface area contributed by atoms with E-state index in [2.05, 4.69) is 30.9 Å². The van der Waals surface area contributed by atoms with Crippen molar-refractivity contribution in [2.24, 2.45) is 0 Å². The van der Waals surface area contributed by atoms with Crippen LogP contribution >= 0.6 is 27.5 Å². The molecule has 1 aromatic heterocycles. The van der Waals surface area contributed by atoms with Crippen molar-refractivity contribution >= 4 is 27.5 Å². The molecule has 1 aromatic carbocycles. The van der Waals surface area contributed by atoms with E-state index < -0.39 is 5.82 Å². The van der Waals surface area contributed by atoms with Crippen LogP contribution in [0.4, 0.5) is 4.39 Å². The Bertz CT molecular complexity index is 628. The average molecular weight is 363 g/mol. The standard InChI is InChI=1S/C12H10BrClFN3O2/c1-6(2)19-11-16-10(14)17-12(18-11)20-7-3-4-9(15)8(13)5-7/h3-6H,1-2H3. The van der Waals surface area contributed by atoms with Crippen molar-refractivity contribution in [1.82, 2.24) is 15.0 Å². The Balaban J connectivity index is 2.24. The van der Waals surface area contributed by atoms with Crippen LogP contribution in [-0.2, 0) is 0 Å². The fourth-order valence-electron chi connectivity index (χ4n) is 1.27. The Labute approximate surface area is 128 Å². The zero-order chi connectivity index (χ0) is 14.7. The molecule has 8 heteroatoms. The molecule has 0 radical (unpaired) electrons. The predicted octanol–water partition coefficient (Wildman–Crippen LogP) is 4.01. The number of halogens is 3. The van der Waals surface area contributed by atoms with Crippen LogP contribution in [0, 0.1) is 5.82 Å². The van der Waals surface area contributed by atoms with Gasteiger partial charge in [-0.1, -0.05) is 0 Å². The summed E-state index contributed by atoms with van der Waals surface area (Å²) in [5.41, 5.74) is 0. The quantitative estimate of drug-likeness (QED) is 0.822. The minimum Gasteiger partial charge on any atom is -0.461 e. The summed E-state index contributed by atoms with van der Waals surface area (Å²) in [7, 11) is 0. The Hall–Kier alpha value is -1.47. The summed E-state index contributed by atoms with van der Waals surface area (Å²) in [6.07, 6.45) is -0.110. The molecule has 0 bridgehead atoms. The summed E-state index contributed by atoms with van der Waals surface area (Å²) in [5.74, 6) is -0.0362. The summed E-state index contributed by atoms with van der Waals surface area (Å²) >= 11 is 8.83. The highest BCUT2D eigenvalue weighted by Gasteiger charge is 2.10. The van der Waals surface area contributed by atoms with Crippen LogP contribution in [0.25, 0.3) is 0 Å². The summed E-state index contributed by atoms with van der Waals surface area (Å²) in [5, 5.41) is -0.0492. The highest BCUT2D eigenvalue weighted by atomic mass is 79.9. The van der Waals surface area contributed by atoms with Crippen molar-refractivity contribution in [3.8, 4) is 17.8 Å². The largest absolute Gasteiger partial charge is 0.461 e. The smallest absolute Gasteiger partial charge is 0.329 e. The molecule has 0 aliphatic carbocycles. The van der Waals surface area contributed by atoms with Gasteiger partial charge in [-0.3, -0.25) is 0 Å². The second kappa shape index (κ2) is 6.32. The first-order valence-electron chi connectivity index (χ1n) is 5.65. The van der Waals surface area contributed by atoms with Gasteiger partial charge in [0.15, 0.2) is 0 Å². The van der Waals surface area contributed by atoms with Gasteiger partial charge in [-0.15, -0.1) is 4.98 Å². The van der Waals surface area contributed by atoms with E-state index in [0.717, 1.165) is 0 Å². The minimum absolute atomic E-state index is 0.0286. The van der Waals surface area contributed by atoms with Crippen molar-refractivity contribution in [3.63, 3.8) is 0 Å². The Morgan fingerprint density at radius 1 is 1.20 bits per heavy atom. The third-order valence-electron chi connectivity index (χ3n) is 2.01. The van der Waals surface area contributed by atoms with Crippen molar-refractivity contribution in [2.75, 3.05) is 0 Å². The van der Waals surface area contributed by atoms with E-state index in [-0.39, 0.29) is 27.9 Å². The van der Waals surface area contributed by atoms with Crippen LogP contribution < -0.4 is 9.47 Å². The lowest BCUT2D eigenvalue weighted by Crippen LogP contribution is -2.09. The second-order valence-corrected chi connectivity index (χ2v) is 5.21. The van der Waals surface area contributed by atoms with Gasteiger partial charge < -0.3 is 9.47 Å². The van der Waals surface area contributed by atoms with Gasteiger partial charge in [0.05, 0.1) is 10.6 Å². The first kappa shape index (κ1) is 14.9. The van der Waals surface area contributed by atoms with Crippen LogP contribution in [0.15, 0.2) is 22.7 Å². The number of nitrogens with zero attached hydrogens (tertiary/aromatic N) is 3. The van der Waals surface area contributed by atoms with Gasteiger partial charge in [0.25, 0.3) is 0 Å². The molecule has 2 rings (SSSR count). The van der Waals surface area contributed by atoms with E-state index in [1.165, 1.54) is 18.2 Å². The molecule has 5 nitrogen and oxygen atoms in total. The van der Waals surface area contributed by atoms with Gasteiger partial charge in [0.1, 0.15) is 11.6 Å². The van der Waals surface area contributed by atoms with Gasteiger partial charge in [0.2, 0.25) is 5.28 Å². The van der Waals surface area contributed by atoms with E-state index in [9.17, 15) is 4.39 Å². The molecule has 2 aromatic rings. The van der Waals surface area contributed by atoms with E-state index >= 15 is 0 Å². The Morgan fingerprint density at radius 2 is 1.90 bits per heavy atom. The first-order chi connectivity index (χ1) is 9.44. The van der Waals surface area contributed by atoms with Gasteiger partial charge in [-0.2, -0.15) is 9.97 Å². The summed E-state index contributed by atoms with van der Waals surface area (Å²) in [6, 6.07) is 4.19. The molecule has 0 atom stereocenters. The molecule has 0 aliphatic heterocycles. The van der Waals surface area contributed by atoms with E-state index in [4.69, 9.17) is 21.1 Å². The number of benzene rings is 1. The summed E-state index contributed by atoms with van der Waals surface area (Å²) in [6.45, 7) is 3.66. The molecule has 0 spiro atoms. The van der Waals surface area contributed by atoms with Crippen LogP contribution in [0.2, 0.25) is 5.28 Å². The SMILES string of the molecule is CC(C)Oc1nc(Cl)nc(Oc2ccc(F)c(Br)c2)n1. The maximum atomic E-state index is 13.1. The maximum absolute atomic E-state index is 13.1. The van der Waals surface area contributed by atoms with E-state index in [1.54, 1.807) is 0 Å². The lowest BCUT2D eigenvalue weighted by atomic mass is 10.3. The fraction of sp³-hybridized carbons (Fsp3) is 0.250. The van der Waals surface area contributed by atoms with Crippen LogP contribution in [0.3, 0.4) is 0 Å². The molecular weight excluding hydrogens is 353 g/mol. The molecule has 0 fully saturated rings. The number of ether oxygens (including phenoxy) is 2. The van der Waals surface area contributed by atoms with E-state index in [0.29, 0.717) is 5.75 Å². The highest BCUT2D eigenvalue weighted by Crippen LogP contribution is 2.25. The van der Waals surface area contributed by atoms with Crippen molar-refractivity contribution < 1.29 is 13.9 Å². The van der Waals surface area contributed by atoms with Gasteiger partial charge in [-0.25, -0.2) is 4.39 Å². The number of aromatic nitrogens is 3. The average Bonchev–Trinajstić information content (AvgIpc) is 2.32. The van der Waals surface area contributed by atoms with Gasteiger partial charge in [0, 0.05) is 0 Å². The van der Waals surface area contributed by atoms with Crippen LogP contribution in [-0.4, -0.2) is 21.1 Å². The highest BCUT2D eigenvalue weighted by molar-refractivity contribution is 9.10. The molecule has 0 unspecified atom stereocenters. The fourth-order valence-corrected chi connectivity index (χ4v) is 1.77. The lowest BCUT2D eigenvalue weighted by molar-refractivity contribution is 0.218. The molecule has 0 aliphatic rings. The number of hydrogen-bond donors (Lipinski definition) is 0. The first-order valence-corrected chi connectivity index (χ1v) is 6.82. The monoisotopic (exact) mass is 361 g/mol. The molecule has 0 N–H and O–H groups in total. The third-order valence-corrected chi connectivity index (χ3v) is 2.79. The summed E-state index contributed by atoms with van der Waals surface area (Å²) in [4.78, 5) is 11.6. The normalized spacial score (nSPS) is 10.7. The Kier molecular flexibility index (Phi) is 4.72. The van der Waals surface area contributed by atoms with Crippen LogP contribution in [0.1, 0.15) is 13.8 Å². The van der Waals surface area contributed by atoms with Crippen molar-refractivity contribution in [2.45, 2.75) is 20.0 Å². The topological polar surface area (TPSA) is 57.1 Å². The molecule has 1 heterocycles. The number of rotatable bonds is 4. The molecule has 0 saturated heterocycles. The van der Waals surface area contributed by atoms with Crippen molar-refractivity contribution in [1.29, 1.82) is 0 Å². The zero-order valence-corrected chi connectivity index (χ0v) is 12.9.